The van der Waals surface area contributed by atoms with Crippen molar-refractivity contribution in [2.45, 2.75) is 6.29 Å². The highest BCUT2D eigenvalue weighted by atomic mass is 16.6. The zero-order valence-electron chi connectivity index (χ0n) is 4.00. The first-order valence-corrected chi connectivity index (χ1v) is 2.11. The maximum Gasteiger partial charge on any atom is 0.413 e. The highest BCUT2D eigenvalue weighted by Crippen LogP contribution is 1.93. The van der Waals surface area contributed by atoms with Gasteiger partial charge in [-0.25, -0.2) is 4.79 Å². The molecule has 0 saturated carbocycles. The van der Waals surface area contributed by atoms with Gasteiger partial charge >= 0.3 is 6.09 Å². The van der Waals surface area contributed by atoms with Crippen LogP contribution in [0, 0.1) is 0 Å². The molecule has 1 rings (SSSR count). The molecule has 0 spiro atoms. The lowest BCUT2D eigenvalue weighted by Gasteiger charge is -2.11. The summed E-state index contributed by atoms with van der Waals surface area (Å²) in [6.07, 6.45) is 0.946. The van der Waals surface area contributed by atoms with Crippen LogP contribution >= 0.6 is 0 Å². The van der Waals surface area contributed by atoms with Gasteiger partial charge in [-0.3, -0.25) is 5.32 Å². The van der Waals surface area contributed by atoms with Crippen LogP contribution < -0.4 is 5.32 Å². The Morgan fingerprint density at radius 2 is 2.62 bits per heavy atom. The summed E-state index contributed by atoms with van der Waals surface area (Å²) >= 11 is 0. The van der Waals surface area contributed by atoms with Crippen molar-refractivity contribution in [3.8, 4) is 0 Å². The molecule has 2 N–H and O–H groups in total. The Labute approximate surface area is 45.8 Å². The summed E-state index contributed by atoms with van der Waals surface area (Å²) in [7, 11) is 0. The molecule has 8 heavy (non-hydrogen) atoms. The fourth-order valence-electron chi connectivity index (χ4n) is 0.381. The van der Waals surface area contributed by atoms with Crippen molar-refractivity contribution in [2.24, 2.45) is 0 Å². The average molecular weight is 115 g/mol. The van der Waals surface area contributed by atoms with Crippen LogP contribution in [0.3, 0.4) is 0 Å². The third-order valence-electron chi connectivity index (χ3n) is 0.690. The van der Waals surface area contributed by atoms with Gasteiger partial charge in [0.2, 0.25) is 6.29 Å². The lowest BCUT2D eigenvalue weighted by Crippen LogP contribution is -2.28. The van der Waals surface area contributed by atoms with E-state index in [9.17, 15) is 4.79 Å². The predicted octanol–water partition coefficient (Wildman–Crippen LogP) is -0.442. The van der Waals surface area contributed by atoms with Gasteiger partial charge in [-0.2, -0.15) is 0 Å². The van der Waals surface area contributed by atoms with E-state index < -0.39 is 12.4 Å². The van der Waals surface area contributed by atoms with Crippen LogP contribution in [0.5, 0.6) is 0 Å². The molecule has 1 amide bonds. The largest absolute Gasteiger partial charge is 0.416 e. The normalized spacial score (nSPS) is 26.6. The first-order chi connectivity index (χ1) is 3.79. The van der Waals surface area contributed by atoms with Gasteiger partial charge in [0.15, 0.2) is 0 Å². The predicted molar refractivity (Wildman–Crippen MR) is 24.8 cm³/mol. The van der Waals surface area contributed by atoms with Gasteiger partial charge in [0.05, 0.1) is 0 Å². The molecule has 0 bridgehead atoms. The lowest BCUT2D eigenvalue weighted by atomic mass is 10.5. The van der Waals surface area contributed by atoms with Crippen molar-refractivity contribution >= 4 is 6.09 Å². The Kier molecular flexibility index (Phi) is 1.17. The maximum atomic E-state index is 10.1. The van der Waals surface area contributed by atoms with Crippen molar-refractivity contribution in [3.05, 3.63) is 12.3 Å². The number of cyclic esters (lactones) is 1. The zero-order valence-corrected chi connectivity index (χ0v) is 4.00. The number of hydrogen-bond donors (Lipinski definition) is 2. The highest BCUT2D eigenvalue weighted by Gasteiger charge is 2.09. The molecule has 0 radical (unpaired) electrons. The molecule has 0 aliphatic carbocycles. The number of aliphatic hydroxyl groups excluding tert-OH is 1. The van der Waals surface area contributed by atoms with E-state index in [1.807, 2.05) is 0 Å². The molecule has 0 aromatic rings. The molecule has 1 atom stereocenters. The summed E-state index contributed by atoms with van der Waals surface area (Å²) in [6.45, 7) is 0. The van der Waals surface area contributed by atoms with E-state index >= 15 is 0 Å². The van der Waals surface area contributed by atoms with E-state index in [1.165, 1.54) is 12.3 Å². The molecule has 0 saturated heterocycles. The van der Waals surface area contributed by atoms with Crippen molar-refractivity contribution in [2.75, 3.05) is 0 Å². The SMILES string of the molecule is O=C1NC=CC(O)O1. The van der Waals surface area contributed by atoms with Gasteiger partial charge in [-0.15, -0.1) is 0 Å². The van der Waals surface area contributed by atoms with Gasteiger partial charge in [-0.1, -0.05) is 0 Å². The van der Waals surface area contributed by atoms with Crippen LogP contribution in [0.1, 0.15) is 0 Å². The highest BCUT2D eigenvalue weighted by molar-refractivity contribution is 5.69. The number of aliphatic hydroxyl groups is 1. The summed E-state index contributed by atoms with van der Waals surface area (Å²) < 4.78 is 4.20. The molecular formula is C4H5NO3. The van der Waals surface area contributed by atoms with Crippen LogP contribution in [0.2, 0.25) is 0 Å². The van der Waals surface area contributed by atoms with Crippen molar-refractivity contribution in [1.29, 1.82) is 0 Å². The number of rotatable bonds is 0. The summed E-state index contributed by atoms with van der Waals surface area (Å²) in [5, 5.41) is 10.7. The van der Waals surface area contributed by atoms with E-state index in [0.717, 1.165) is 0 Å². The molecule has 4 nitrogen and oxygen atoms in total. The first kappa shape index (κ1) is 5.11. The number of carbonyl (C=O) groups excluding carboxylic acids is 1. The molecule has 0 fully saturated rings. The first-order valence-electron chi connectivity index (χ1n) is 2.11. The Morgan fingerprint density at radius 3 is 3.00 bits per heavy atom. The third kappa shape index (κ3) is 0.974. The van der Waals surface area contributed by atoms with Gasteiger partial charge in [0.25, 0.3) is 0 Å². The van der Waals surface area contributed by atoms with Gasteiger partial charge < -0.3 is 9.84 Å². The lowest BCUT2D eigenvalue weighted by molar-refractivity contribution is -0.0196. The molecule has 0 aromatic carbocycles. The number of ether oxygens (including phenoxy) is 1. The third-order valence-corrected chi connectivity index (χ3v) is 0.690. The number of alkyl carbamates (subject to hydrolysis) is 1. The second kappa shape index (κ2) is 1.83. The van der Waals surface area contributed by atoms with E-state index in [0.29, 0.717) is 0 Å². The Hall–Kier alpha value is -1.03. The van der Waals surface area contributed by atoms with Gasteiger partial charge in [0, 0.05) is 6.20 Å². The molecule has 1 aliphatic heterocycles. The van der Waals surface area contributed by atoms with E-state index in [4.69, 9.17) is 5.11 Å². The quantitative estimate of drug-likeness (QED) is 0.450. The van der Waals surface area contributed by atoms with Crippen molar-refractivity contribution in [1.82, 2.24) is 5.32 Å². The minimum atomic E-state index is -1.08. The van der Waals surface area contributed by atoms with Crippen LogP contribution in [0.15, 0.2) is 12.3 Å². The van der Waals surface area contributed by atoms with Gasteiger partial charge in [0.1, 0.15) is 0 Å². The summed E-state index contributed by atoms with van der Waals surface area (Å²) in [5.41, 5.74) is 0. The van der Waals surface area contributed by atoms with E-state index in [-0.39, 0.29) is 0 Å². The molecule has 0 aromatic heterocycles. The molecule has 44 valence electrons. The van der Waals surface area contributed by atoms with Crippen LogP contribution in [-0.4, -0.2) is 17.5 Å². The van der Waals surface area contributed by atoms with E-state index in [1.54, 1.807) is 0 Å². The van der Waals surface area contributed by atoms with Crippen molar-refractivity contribution in [3.63, 3.8) is 0 Å². The number of amides is 1. The van der Waals surface area contributed by atoms with Crippen LogP contribution in [-0.2, 0) is 4.74 Å². The molecule has 1 heterocycles. The monoisotopic (exact) mass is 115 g/mol. The van der Waals surface area contributed by atoms with E-state index in [2.05, 4.69) is 10.1 Å². The Balaban J connectivity index is 2.54. The number of hydrogen-bond acceptors (Lipinski definition) is 3. The minimum Gasteiger partial charge on any atom is -0.416 e. The topological polar surface area (TPSA) is 58.6 Å². The fraction of sp³-hybridized carbons (Fsp3) is 0.250. The molecule has 1 aliphatic rings. The zero-order chi connectivity index (χ0) is 5.98. The smallest absolute Gasteiger partial charge is 0.413 e. The maximum absolute atomic E-state index is 10.1. The van der Waals surface area contributed by atoms with Gasteiger partial charge in [-0.05, 0) is 6.08 Å². The summed E-state index contributed by atoms with van der Waals surface area (Å²) in [6, 6.07) is 0. The minimum absolute atomic E-state index is 0.625. The van der Waals surface area contributed by atoms with Crippen LogP contribution in [0.25, 0.3) is 0 Å². The standard InChI is InChI=1S/C4H5NO3/c6-3-1-2-5-4(7)8-3/h1-3,6H,(H,5,7). The molecular weight excluding hydrogens is 110 g/mol. The Morgan fingerprint density at radius 1 is 1.88 bits per heavy atom. The summed E-state index contributed by atoms with van der Waals surface area (Å²) in [4.78, 5) is 10.1. The molecule has 4 heteroatoms. The number of nitrogens with one attached hydrogen (secondary N) is 1. The number of carbonyl (C=O) groups is 1. The van der Waals surface area contributed by atoms with Crippen molar-refractivity contribution < 1.29 is 14.6 Å². The second-order valence-electron chi connectivity index (χ2n) is 1.30. The fourth-order valence-corrected chi connectivity index (χ4v) is 0.381. The second-order valence-corrected chi connectivity index (χ2v) is 1.30. The van der Waals surface area contributed by atoms with Crippen LogP contribution in [0.4, 0.5) is 4.79 Å². The Bertz CT molecular complexity index is 131. The summed E-state index contributed by atoms with van der Waals surface area (Å²) in [5.74, 6) is 0. The molecule has 1 unspecified atom stereocenters. The average Bonchev–Trinajstić information content (AvgIpc) is 1.64.